The molecule has 0 bridgehead atoms. The second-order valence-corrected chi connectivity index (χ2v) is 9.00. The van der Waals surface area contributed by atoms with Crippen LogP contribution in [0.5, 0.6) is 0 Å². The fourth-order valence-electron chi connectivity index (χ4n) is 3.64. The molecule has 0 aliphatic rings. The Morgan fingerprint density at radius 1 is 1.11 bits per heavy atom. The van der Waals surface area contributed by atoms with Crippen molar-refractivity contribution in [3.05, 3.63) is 78.1 Å². The summed E-state index contributed by atoms with van der Waals surface area (Å²) >= 11 is 6.43. The highest BCUT2D eigenvalue weighted by Crippen LogP contribution is 2.32. The molecule has 37 heavy (non-hydrogen) atoms. The number of amides is 2. The molecule has 0 fully saturated rings. The maximum atomic E-state index is 12.3. The number of para-hydroxylation sites is 1. The number of fused-ring (bicyclic) bond motifs is 1. The van der Waals surface area contributed by atoms with Crippen molar-refractivity contribution in [2.24, 2.45) is 0 Å². The SMILES string of the molecule is CN(C)CC=CC(=O)NCCC(=O)Nc1cccc(Nc2ncc(Cl)c(-c3c[nH]c4ccccc34)n2)c1. The Labute approximate surface area is 220 Å². The number of anilines is 3. The summed E-state index contributed by atoms with van der Waals surface area (Å²) in [6.45, 7) is 0.911. The number of hydrogen-bond donors (Lipinski definition) is 4. The van der Waals surface area contributed by atoms with Gasteiger partial charge in [0.1, 0.15) is 0 Å². The predicted octanol–water partition coefficient (Wildman–Crippen LogP) is 4.58. The van der Waals surface area contributed by atoms with Crippen molar-refractivity contribution < 1.29 is 9.59 Å². The molecule has 2 amide bonds. The van der Waals surface area contributed by atoms with Crippen LogP contribution in [0.4, 0.5) is 17.3 Å². The number of H-pyrrole nitrogens is 1. The minimum absolute atomic E-state index is 0.152. The number of likely N-dealkylation sites (N-methyl/N-ethyl adjacent to an activating group) is 1. The van der Waals surface area contributed by atoms with E-state index in [2.05, 4.69) is 30.9 Å². The van der Waals surface area contributed by atoms with Gasteiger partial charge in [-0.15, -0.1) is 0 Å². The zero-order chi connectivity index (χ0) is 26.2. The quantitative estimate of drug-likeness (QED) is 0.229. The van der Waals surface area contributed by atoms with Crippen LogP contribution in [0.25, 0.3) is 22.2 Å². The van der Waals surface area contributed by atoms with E-state index in [0.717, 1.165) is 16.5 Å². The van der Waals surface area contributed by atoms with Gasteiger partial charge in [0.15, 0.2) is 0 Å². The number of carbonyl (C=O) groups excluding carboxylic acids is 2. The predicted molar refractivity (Wildman–Crippen MR) is 148 cm³/mol. The number of nitrogens with one attached hydrogen (secondary N) is 4. The van der Waals surface area contributed by atoms with Crippen LogP contribution in [0.3, 0.4) is 0 Å². The molecule has 0 saturated carbocycles. The van der Waals surface area contributed by atoms with E-state index in [0.29, 0.717) is 34.6 Å². The van der Waals surface area contributed by atoms with E-state index < -0.39 is 0 Å². The van der Waals surface area contributed by atoms with E-state index in [-0.39, 0.29) is 24.8 Å². The molecular formula is C27H28ClN7O2. The van der Waals surface area contributed by atoms with Crippen molar-refractivity contribution in [3.63, 3.8) is 0 Å². The molecule has 0 unspecified atom stereocenters. The first-order valence-electron chi connectivity index (χ1n) is 11.7. The summed E-state index contributed by atoms with van der Waals surface area (Å²) in [6, 6.07) is 15.1. The van der Waals surface area contributed by atoms with Gasteiger partial charge in [-0.3, -0.25) is 9.59 Å². The summed E-state index contributed by atoms with van der Waals surface area (Å²) < 4.78 is 0. The van der Waals surface area contributed by atoms with Gasteiger partial charge in [0.05, 0.1) is 16.9 Å². The molecule has 0 aliphatic carbocycles. The number of aromatic nitrogens is 3. The molecule has 2 aromatic carbocycles. The summed E-state index contributed by atoms with van der Waals surface area (Å²) in [7, 11) is 3.84. The van der Waals surface area contributed by atoms with Gasteiger partial charge in [-0.05, 0) is 38.4 Å². The standard InChI is InChI=1S/C27H28ClN7O2/c1-35(2)14-6-11-24(36)29-13-12-25(37)32-18-7-5-8-19(15-18)33-27-31-17-22(28)26(34-27)21-16-30-23-10-4-3-9-20(21)23/h3-11,15-17,30H,12-14H2,1-2H3,(H,29,36)(H,32,37)(H,31,33,34). The van der Waals surface area contributed by atoms with Crippen LogP contribution in [0.1, 0.15) is 6.42 Å². The Kier molecular flexibility index (Phi) is 8.50. The molecule has 4 aromatic rings. The molecule has 4 N–H and O–H groups in total. The number of carbonyl (C=O) groups is 2. The average molecular weight is 518 g/mol. The Morgan fingerprint density at radius 3 is 2.76 bits per heavy atom. The summed E-state index contributed by atoms with van der Waals surface area (Å²) in [5.41, 5.74) is 3.79. The summed E-state index contributed by atoms with van der Waals surface area (Å²) in [4.78, 5) is 38.2. The van der Waals surface area contributed by atoms with Gasteiger partial charge in [-0.25, -0.2) is 9.97 Å². The van der Waals surface area contributed by atoms with Gasteiger partial charge < -0.3 is 25.8 Å². The van der Waals surface area contributed by atoms with Gasteiger partial charge in [0, 0.05) is 59.6 Å². The maximum Gasteiger partial charge on any atom is 0.243 e. The van der Waals surface area contributed by atoms with Gasteiger partial charge in [-0.2, -0.15) is 0 Å². The lowest BCUT2D eigenvalue weighted by molar-refractivity contribution is -0.117. The van der Waals surface area contributed by atoms with Gasteiger partial charge in [0.2, 0.25) is 17.8 Å². The van der Waals surface area contributed by atoms with Crippen molar-refractivity contribution in [3.8, 4) is 11.3 Å². The largest absolute Gasteiger partial charge is 0.360 e. The van der Waals surface area contributed by atoms with Crippen molar-refractivity contribution in [1.29, 1.82) is 0 Å². The lowest BCUT2D eigenvalue weighted by Gasteiger charge is -2.10. The fourth-order valence-corrected chi connectivity index (χ4v) is 3.83. The van der Waals surface area contributed by atoms with Crippen molar-refractivity contribution in [2.75, 3.05) is 37.8 Å². The first-order chi connectivity index (χ1) is 17.9. The van der Waals surface area contributed by atoms with Gasteiger partial charge >= 0.3 is 0 Å². The van der Waals surface area contributed by atoms with Crippen LogP contribution in [0.2, 0.25) is 5.02 Å². The van der Waals surface area contributed by atoms with E-state index in [4.69, 9.17) is 11.6 Å². The van der Waals surface area contributed by atoms with Crippen molar-refractivity contribution >= 4 is 51.6 Å². The monoisotopic (exact) mass is 517 g/mol. The summed E-state index contributed by atoms with van der Waals surface area (Å²) in [6.07, 6.45) is 6.82. The number of aromatic amines is 1. The second-order valence-electron chi connectivity index (χ2n) is 8.60. The molecule has 4 rings (SSSR count). The first-order valence-corrected chi connectivity index (χ1v) is 12.1. The first kappa shape index (κ1) is 25.9. The maximum absolute atomic E-state index is 12.3. The second kappa shape index (κ2) is 12.2. The topological polar surface area (TPSA) is 115 Å². The fraction of sp³-hybridized carbons (Fsp3) is 0.185. The van der Waals surface area contributed by atoms with Gasteiger partial charge in [0.25, 0.3) is 0 Å². The Hall–Kier alpha value is -4.21. The Bertz CT molecular complexity index is 1430. The molecular weight excluding hydrogens is 490 g/mol. The summed E-state index contributed by atoms with van der Waals surface area (Å²) in [5, 5.41) is 10.2. The van der Waals surface area contributed by atoms with E-state index in [9.17, 15) is 9.59 Å². The third kappa shape index (κ3) is 7.16. The van der Waals surface area contributed by atoms with Crippen LogP contribution < -0.4 is 16.0 Å². The van der Waals surface area contributed by atoms with Crippen LogP contribution >= 0.6 is 11.6 Å². The Balaban J connectivity index is 1.36. The van der Waals surface area contributed by atoms with E-state index in [1.54, 1.807) is 24.4 Å². The molecule has 0 aliphatic heterocycles. The third-order valence-electron chi connectivity index (χ3n) is 5.38. The van der Waals surface area contributed by atoms with E-state index >= 15 is 0 Å². The lowest BCUT2D eigenvalue weighted by atomic mass is 10.1. The third-order valence-corrected chi connectivity index (χ3v) is 5.66. The van der Waals surface area contributed by atoms with Crippen LogP contribution in [0.15, 0.2) is 73.1 Å². The number of rotatable bonds is 10. The highest BCUT2D eigenvalue weighted by atomic mass is 35.5. The molecule has 0 spiro atoms. The highest BCUT2D eigenvalue weighted by molar-refractivity contribution is 6.33. The molecule has 2 aromatic heterocycles. The van der Waals surface area contributed by atoms with Gasteiger partial charge in [-0.1, -0.05) is 41.9 Å². The van der Waals surface area contributed by atoms with Crippen LogP contribution in [-0.4, -0.2) is 58.9 Å². The number of halogens is 1. The normalized spacial score (nSPS) is 11.2. The van der Waals surface area contributed by atoms with E-state index in [1.807, 2.05) is 61.6 Å². The average Bonchev–Trinajstić information content (AvgIpc) is 3.29. The zero-order valence-corrected chi connectivity index (χ0v) is 21.3. The molecule has 190 valence electrons. The Morgan fingerprint density at radius 2 is 1.92 bits per heavy atom. The van der Waals surface area contributed by atoms with Crippen molar-refractivity contribution in [2.45, 2.75) is 6.42 Å². The van der Waals surface area contributed by atoms with Crippen LogP contribution in [0, 0.1) is 0 Å². The highest BCUT2D eigenvalue weighted by Gasteiger charge is 2.13. The molecule has 2 heterocycles. The molecule has 10 heteroatoms. The number of hydrogen-bond acceptors (Lipinski definition) is 6. The lowest BCUT2D eigenvalue weighted by Crippen LogP contribution is -2.26. The van der Waals surface area contributed by atoms with Crippen molar-refractivity contribution in [1.82, 2.24) is 25.2 Å². The molecule has 0 saturated heterocycles. The van der Waals surface area contributed by atoms with E-state index in [1.165, 1.54) is 6.08 Å². The zero-order valence-electron chi connectivity index (χ0n) is 20.6. The smallest absolute Gasteiger partial charge is 0.243 e. The minimum Gasteiger partial charge on any atom is -0.360 e. The molecule has 9 nitrogen and oxygen atoms in total. The molecule has 0 radical (unpaired) electrons. The van der Waals surface area contributed by atoms with Crippen LogP contribution in [-0.2, 0) is 9.59 Å². The number of nitrogens with zero attached hydrogens (tertiary/aromatic N) is 3. The summed E-state index contributed by atoms with van der Waals surface area (Å²) in [5.74, 6) is -0.0619. The number of benzene rings is 2. The minimum atomic E-state index is -0.226. The molecule has 0 atom stereocenters.